The number of hydrogen-bond donors (Lipinski definition) is 0. The second-order valence-electron chi connectivity index (χ2n) is 3.88. The molecule has 2 rings (SSSR count). The van der Waals surface area contributed by atoms with Crippen LogP contribution < -0.4 is 9.05 Å². The Morgan fingerprint density at radius 2 is 1.14 bits per heavy atom. The van der Waals surface area contributed by atoms with Crippen LogP contribution in [0.5, 0.6) is 11.5 Å². The lowest BCUT2D eigenvalue weighted by Crippen LogP contribution is -2.00. The lowest BCUT2D eigenvalue weighted by atomic mass is 10.3. The monoisotopic (exact) mass is 395 g/mol. The Labute approximate surface area is 146 Å². The van der Waals surface area contributed by atoms with E-state index in [1.807, 2.05) is 0 Å². The third-order valence-electron chi connectivity index (χ3n) is 2.38. The molecular weight excluding hydrogens is 391 g/mol. The Balaban J connectivity index is 2.39. The fourth-order valence-electron chi connectivity index (χ4n) is 1.44. The minimum atomic E-state index is -4.28. The summed E-state index contributed by atoms with van der Waals surface area (Å²) in [6.45, 7) is 0. The highest BCUT2D eigenvalue weighted by atomic mass is 35.5. The topological polar surface area (TPSA) is 59.3 Å². The maximum atomic E-state index is 12.5. The van der Waals surface area contributed by atoms with Gasteiger partial charge in [0.1, 0.15) is 0 Å². The van der Waals surface area contributed by atoms with Crippen LogP contribution in [-0.4, -0.2) is 0 Å². The van der Waals surface area contributed by atoms with E-state index in [1.165, 1.54) is 30.1 Å². The lowest BCUT2D eigenvalue weighted by molar-refractivity contribution is 0.400. The molecule has 0 aromatic heterocycles. The van der Waals surface area contributed by atoms with Crippen LogP contribution in [0.4, 0.5) is 0 Å². The Kier molecular flexibility index (Phi) is 5.50. The Morgan fingerprint density at radius 1 is 0.818 bits per heavy atom. The van der Waals surface area contributed by atoms with E-state index in [0.717, 1.165) is 0 Å². The molecule has 0 amide bonds. The van der Waals surface area contributed by atoms with E-state index >= 15 is 0 Å². The number of halogens is 4. The zero-order valence-electron chi connectivity index (χ0n) is 10.6. The van der Waals surface area contributed by atoms with Gasteiger partial charge in [0.2, 0.25) is 5.81 Å². The van der Waals surface area contributed by atoms with E-state index < -0.39 is 7.60 Å². The highest BCUT2D eigenvalue weighted by Crippen LogP contribution is 2.53. The van der Waals surface area contributed by atoms with Crippen LogP contribution in [0.2, 0.25) is 20.1 Å². The molecule has 0 fully saturated rings. The van der Waals surface area contributed by atoms with Crippen molar-refractivity contribution in [3.05, 3.63) is 56.5 Å². The second kappa shape index (κ2) is 7.00. The molecule has 0 aliphatic heterocycles. The van der Waals surface area contributed by atoms with Crippen molar-refractivity contribution in [2.45, 2.75) is 0 Å². The van der Waals surface area contributed by atoms with Crippen LogP contribution in [-0.2, 0) is 4.57 Å². The molecule has 2 aromatic rings. The molecule has 0 unspecified atom stereocenters. The number of benzene rings is 2. The predicted octanol–water partition coefficient (Wildman–Crippen LogP) is 6.43. The first-order valence-electron chi connectivity index (χ1n) is 5.65. The van der Waals surface area contributed by atoms with Crippen LogP contribution in [0.3, 0.4) is 0 Å². The van der Waals surface area contributed by atoms with Gasteiger partial charge >= 0.3 is 7.60 Å². The van der Waals surface area contributed by atoms with E-state index in [4.69, 9.17) is 60.7 Å². The standard InChI is InChI=1S/C13H6Cl4NO3P/c14-8-3-1-4-9(15)12(8)20-22(19,7-18)21-13-10(16)5-2-6-11(13)17/h1-6H. The zero-order valence-corrected chi connectivity index (χ0v) is 14.5. The van der Waals surface area contributed by atoms with Crippen molar-refractivity contribution in [3.63, 3.8) is 0 Å². The molecule has 0 spiro atoms. The summed E-state index contributed by atoms with van der Waals surface area (Å²) in [5.41, 5.74) is 0. The normalized spacial score (nSPS) is 10.9. The summed E-state index contributed by atoms with van der Waals surface area (Å²) in [5, 5.41) is 9.46. The lowest BCUT2D eigenvalue weighted by Gasteiger charge is -2.16. The molecule has 22 heavy (non-hydrogen) atoms. The van der Waals surface area contributed by atoms with Crippen molar-refractivity contribution in [3.8, 4) is 17.3 Å². The minimum absolute atomic E-state index is 0.0804. The maximum absolute atomic E-state index is 12.5. The molecule has 0 bridgehead atoms. The fraction of sp³-hybridized carbons (Fsp3) is 0. The third-order valence-corrected chi connectivity index (χ3v) is 4.66. The molecular formula is C13H6Cl4NO3P. The van der Waals surface area contributed by atoms with Crippen molar-refractivity contribution in [2.75, 3.05) is 0 Å². The van der Waals surface area contributed by atoms with E-state index in [2.05, 4.69) is 0 Å². The summed E-state index contributed by atoms with van der Waals surface area (Å²) in [4.78, 5) is 0. The van der Waals surface area contributed by atoms with Gasteiger partial charge in [-0.05, 0) is 24.3 Å². The van der Waals surface area contributed by atoms with Gasteiger partial charge in [0.15, 0.2) is 11.5 Å². The van der Waals surface area contributed by atoms with Gasteiger partial charge in [-0.15, -0.1) is 0 Å². The van der Waals surface area contributed by atoms with Crippen LogP contribution >= 0.6 is 54.0 Å². The number of nitriles is 1. The summed E-state index contributed by atoms with van der Waals surface area (Å²) in [7, 11) is -4.28. The van der Waals surface area contributed by atoms with E-state index in [1.54, 1.807) is 12.1 Å². The highest BCUT2D eigenvalue weighted by molar-refractivity contribution is 7.59. The molecule has 0 atom stereocenters. The van der Waals surface area contributed by atoms with Gasteiger partial charge in [-0.2, -0.15) is 5.26 Å². The second-order valence-corrected chi connectivity index (χ2v) is 7.07. The van der Waals surface area contributed by atoms with Gasteiger partial charge in [-0.1, -0.05) is 58.5 Å². The van der Waals surface area contributed by atoms with Gasteiger partial charge in [-0.25, -0.2) is 4.57 Å². The molecule has 0 N–H and O–H groups in total. The molecule has 0 radical (unpaired) electrons. The first kappa shape index (κ1) is 17.3. The Hall–Kier alpha value is -1.08. The van der Waals surface area contributed by atoms with Gasteiger partial charge in [-0.3, -0.25) is 0 Å². The van der Waals surface area contributed by atoms with Crippen molar-refractivity contribution < 1.29 is 13.6 Å². The quantitative estimate of drug-likeness (QED) is 0.558. The first-order valence-corrected chi connectivity index (χ1v) is 8.70. The van der Waals surface area contributed by atoms with Crippen molar-refractivity contribution in [2.24, 2.45) is 0 Å². The molecule has 0 heterocycles. The van der Waals surface area contributed by atoms with E-state index in [9.17, 15) is 4.57 Å². The molecule has 2 aromatic carbocycles. The van der Waals surface area contributed by atoms with Gasteiger partial charge in [0.25, 0.3) is 0 Å². The SMILES string of the molecule is N#CP(=O)(Oc1c(Cl)cccc1Cl)Oc1c(Cl)cccc1Cl. The van der Waals surface area contributed by atoms with Crippen molar-refractivity contribution in [1.29, 1.82) is 5.26 Å². The van der Waals surface area contributed by atoms with Crippen molar-refractivity contribution >= 4 is 54.0 Å². The first-order chi connectivity index (χ1) is 10.4. The molecule has 9 heteroatoms. The largest absolute Gasteiger partial charge is 0.535 e. The molecule has 0 saturated carbocycles. The summed E-state index contributed by atoms with van der Waals surface area (Å²) in [6.07, 6.45) is 0. The average molecular weight is 397 g/mol. The van der Waals surface area contributed by atoms with Crippen molar-refractivity contribution in [1.82, 2.24) is 0 Å². The number of nitrogens with zero attached hydrogens (tertiary/aromatic N) is 1. The molecule has 0 aliphatic carbocycles. The average Bonchev–Trinajstić information content (AvgIpc) is 2.47. The van der Waals surface area contributed by atoms with Gasteiger partial charge in [0.05, 0.1) is 20.1 Å². The molecule has 0 saturated heterocycles. The van der Waals surface area contributed by atoms with E-state index in [0.29, 0.717) is 0 Å². The molecule has 0 aliphatic rings. The van der Waals surface area contributed by atoms with Crippen LogP contribution in [0.15, 0.2) is 36.4 Å². The van der Waals surface area contributed by atoms with Crippen LogP contribution in [0.1, 0.15) is 0 Å². The predicted molar refractivity (Wildman–Crippen MR) is 87.4 cm³/mol. The Morgan fingerprint density at radius 3 is 1.41 bits per heavy atom. The smallest absolute Gasteiger partial charge is 0.403 e. The number of hydrogen-bond acceptors (Lipinski definition) is 4. The summed E-state index contributed by atoms with van der Waals surface area (Å²) in [5.74, 6) is 1.21. The highest BCUT2D eigenvalue weighted by Gasteiger charge is 2.32. The Bertz CT molecular complexity index is 708. The van der Waals surface area contributed by atoms with Crippen LogP contribution in [0.25, 0.3) is 0 Å². The summed E-state index contributed by atoms with van der Waals surface area (Å²) < 4.78 is 22.7. The van der Waals surface area contributed by atoms with Gasteiger partial charge in [0, 0.05) is 0 Å². The molecule has 4 nitrogen and oxygen atoms in total. The number of rotatable bonds is 4. The third kappa shape index (κ3) is 3.81. The minimum Gasteiger partial charge on any atom is -0.403 e. The fourth-order valence-corrected chi connectivity index (χ4v) is 3.60. The number of para-hydroxylation sites is 2. The molecule has 114 valence electrons. The van der Waals surface area contributed by atoms with Crippen LogP contribution in [0, 0.1) is 11.1 Å². The van der Waals surface area contributed by atoms with Gasteiger partial charge < -0.3 is 9.05 Å². The summed E-state index contributed by atoms with van der Waals surface area (Å²) in [6, 6.07) is 9.00. The van der Waals surface area contributed by atoms with E-state index in [-0.39, 0.29) is 31.6 Å². The summed E-state index contributed by atoms with van der Waals surface area (Å²) >= 11 is 23.6. The zero-order chi connectivity index (χ0) is 16.3. The maximum Gasteiger partial charge on any atom is 0.535 e.